The monoisotopic (exact) mass is 540 g/mol. The zero-order valence-corrected chi connectivity index (χ0v) is 22.5. The Morgan fingerprint density at radius 1 is 0.500 bits per heavy atom. The lowest BCUT2D eigenvalue weighted by Gasteiger charge is -2.35. The molecule has 4 aromatic carbocycles. The van der Waals surface area contributed by atoms with E-state index in [4.69, 9.17) is 18.9 Å². The molecule has 0 aromatic heterocycles. The Hall–Kier alpha value is -3.65. The second kappa shape index (κ2) is 16.5. The van der Waals surface area contributed by atoms with Gasteiger partial charge in [0.05, 0.1) is 33.0 Å². The summed E-state index contributed by atoms with van der Waals surface area (Å²) in [5.41, 5.74) is 3.77. The van der Waals surface area contributed by atoms with Crippen LogP contribution in [0.1, 0.15) is 22.3 Å². The van der Waals surface area contributed by atoms with Crippen LogP contribution in [0.5, 0.6) is 0 Å². The number of aldehydes is 1. The van der Waals surface area contributed by atoms with Crippen LogP contribution in [0.2, 0.25) is 0 Å². The molecule has 0 heterocycles. The Morgan fingerprint density at radius 2 is 0.850 bits per heavy atom. The second-order valence-electron chi connectivity index (χ2n) is 9.44. The Morgan fingerprint density at radius 3 is 1.23 bits per heavy atom. The van der Waals surface area contributed by atoms with Crippen LogP contribution in [0.25, 0.3) is 0 Å². The van der Waals surface area contributed by atoms with Crippen molar-refractivity contribution in [2.24, 2.45) is 0 Å². The van der Waals surface area contributed by atoms with Gasteiger partial charge in [0.1, 0.15) is 24.4 Å². The van der Waals surface area contributed by atoms with E-state index < -0.39 is 24.4 Å². The van der Waals surface area contributed by atoms with E-state index >= 15 is 0 Å². The standard InChI is InChI=1S/C34H36O6/c35-21-31(37-23-27-13-5-1-6-14-27)33(39-25-29-17-9-3-10-18-29)34(40-26-30-19-11-4-12-20-30)32(22-36)38-24-28-15-7-2-8-16-28/h1-21,31-34,36H,22-26H2/t31-,32+,33-,34+/m0/s1. The molecule has 0 saturated heterocycles. The minimum Gasteiger partial charge on any atom is -0.394 e. The molecule has 4 atom stereocenters. The summed E-state index contributed by atoms with van der Waals surface area (Å²) in [6, 6.07) is 38.8. The molecule has 6 nitrogen and oxygen atoms in total. The molecule has 208 valence electrons. The Kier molecular flexibility index (Phi) is 12.1. The average Bonchev–Trinajstić information content (AvgIpc) is 3.02. The van der Waals surface area contributed by atoms with Gasteiger partial charge in [-0.25, -0.2) is 0 Å². The highest BCUT2D eigenvalue weighted by molar-refractivity contribution is 5.57. The van der Waals surface area contributed by atoms with Gasteiger partial charge in [0.15, 0.2) is 6.29 Å². The third-order valence-electron chi connectivity index (χ3n) is 6.49. The summed E-state index contributed by atoms with van der Waals surface area (Å²) in [5, 5.41) is 10.5. The van der Waals surface area contributed by atoms with Gasteiger partial charge in [-0.1, -0.05) is 121 Å². The first kappa shape index (κ1) is 29.3. The molecular weight excluding hydrogens is 504 g/mol. The van der Waals surface area contributed by atoms with Crippen molar-refractivity contribution in [2.75, 3.05) is 6.61 Å². The van der Waals surface area contributed by atoms with E-state index in [1.165, 1.54) is 0 Å². The second-order valence-corrected chi connectivity index (χ2v) is 9.44. The molecule has 6 heteroatoms. The van der Waals surface area contributed by atoms with E-state index in [2.05, 4.69) is 0 Å². The lowest BCUT2D eigenvalue weighted by molar-refractivity contribution is -0.194. The fraction of sp³-hybridized carbons (Fsp3) is 0.265. The first-order valence-electron chi connectivity index (χ1n) is 13.4. The lowest BCUT2D eigenvalue weighted by atomic mass is 10.0. The minimum absolute atomic E-state index is 0.218. The Bertz CT molecular complexity index is 1220. The van der Waals surface area contributed by atoms with Crippen molar-refractivity contribution in [3.63, 3.8) is 0 Å². The lowest BCUT2D eigenvalue weighted by Crippen LogP contribution is -2.51. The van der Waals surface area contributed by atoms with Crippen molar-refractivity contribution < 1.29 is 28.8 Å². The van der Waals surface area contributed by atoms with Gasteiger partial charge in [0.2, 0.25) is 0 Å². The molecule has 1 N–H and O–H groups in total. The molecule has 4 rings (SSSR count). The quantitative estimate of drug-likeness (QED) is 0.178. The number of aliphatic hydroxyl groups excluding tert-OH is 1. The normalized spacial score (nSPS) is 14.2. The van der Waals surface area contributed by atoms with Crippen LogP contribution in [-0.2, 0) is 50.2 Å². The summed E-state index contributed by atoms with van der Waals surface area (Å²) in [5.74, 6) is 0. The molecule has 0 spiro atoms. The van der Waals surface area contributed by atoms with Gasteiger partial charge < -0.3 is 28.8 Å². The van der Waals surface area contributed by atoms with Crippen molar-refractivity contribution in [3.8, 4) is 0 Å². The summed E-state index contributed by atoms with van der Waals surface area (Å²) >= 11 is 0. The summed E-state index contributed by atoms with van der Waals surface area (Å²) in [6.45, 7) is 0.620. The minimum atomic E-state index is -0.973. The van der Waals surface area contributed by atoms with Crippen LogP contribution >= 0.6 is 0 Å². The van der Waals surface area contributed by atoms with Crippen molar-refractivity contribution in [1.82, 2.24) is 0 Å². The molecule has 0 amide bonds. The van der Waals surface area contributed by atoms with Gasteiger partial charge in [-0.2, -0.15) is 0 Å². The number of ether oxygens (including phenoxy) is 4. The van der Waals surface area contributed by atoms with E-state index in [9.17, 15) is 9.90 Å². The van der Waals surface area contributed by atoms with Crippen LogP contribution in [0.15, 0.2) is 121 Å². The number of hydrogen-bond acceptors (Lipinski definition) is 6. The fourth-order valence-electron chi connectivity index (χ4n) is 4.33. The predicted molar refractivity (Wildman–Crippen MR) is 153 cm³/mol. The number of benzene rings is 4. The molecule has 0 aliphatic carbocycles. The molecule has 0 aliphatic heterocycles. The van der Waals surface area contributed by atoms with E-state index in [1.54, 1.807) is 0 Å². The van der Waals surface area contributed by atoms with E-state index in [0.717, 1.165) is 28.5 Å². The van der Waals surface area contributed by atoms with Crippen molar-refractivity contribution in [2.45, 2.75) is 50.8 Å². The van der Waals surface area contributed by atoms with E-state index in [1.807, 2.05) is 121 Å². The summed E-state index contributed by atoms with van der Waals surface area (Å²) < 4.78 is 25.1. The molecule has 0 bridgehead atoms. The first-order valence-corrected chi connectivity index (χ1v) is 13.4. The average molecular weight is 541 g/mol. The van der Waals surface area contributed by atoms with E-state index in [0.29, 0.717) is 0 Å². The van der Waals surface area contributed by atoms with Gasteiger partial charge in [0.25, 0.3) is 0 Å². The largest absolute Gasteiger partial charge is 0.394 e. The number of carbonyl (C=O) groups excluding carboxylic acids is 1. The number of carbonyl (C=O) groups is 1. The highest BCUT2D eigenvalue weighted by Gasteiger charge is 2.38. The van der Waals surface area contributed by atoms with Crippen molar-refractivity contribution >= 4 is 6.29 Å². The molecule has 40 heavy (non-hydrogen) atoms. The Balaban J connectivity index is 1.60. The zero-order chi connectivity index (χ0) is 27.8. The zero-order valence-electron chi connectivity index (χ0n) is 22.5. The predicted octanol–water partition coefficient (Wildman–Crippen LogP) is 5.52. The van der Waals surface area contributed by atoms with Gasteiger partial charge in [-0.05, 0) is 22.3 Å². The van der Waals surface area contributed by atoms with Crippen LogP contribution in [0, 0.1) is 0 Å². The molecule has 0 saturated carbocycles. The SMILES string of the molecule is O=C[C@H](OCc1ccccc1)[C@H](OCc1ccccc1)[C@H](OCc1ccccc1)[C@@H](CO)OCc1ccccc1. The summed E-state index contributed by atoms with van der Waals surface area (Å²) in [6.07, 6.45) is -2.70. The van der Waals surface area contributed by atoms with Gasteiger partial charge >= 0.3 is 0 Å². The molecular formula is C34H36O6. The Labute approximate surface area is 236 Å². The van der Waals surface area contributed by atoms with Crippen LogP contribution < -0.4 is 0 Å². The number of hydrogen-bond donors (Lipinski definition) is 1. The fourth-order valence-corrected chi connectivity index (χ4v) is 4.33. The van der Waals surface area contributed by atoms with Crippen LogP contribution in [0.4, 0.5) is 0 Å². The molecule has 4 aromatic rings. The number of aliphatic hydroxyl groups is 1. The summed E-state index contributed by atoms with van der Waals surface area (Å²) in [7, 11) is 0. The maximum Gasteiger partial charge on any atom is 0.151 e. The number of rotatable bonds is 17. The van der Waals surface area contributed by atoms with Gasteiger partial charge in [0, 0.05) is 0 Å². The van der Waals surface area contributed by atoms with Crippen molar-refractivity contribution in [3.05, 3.63) is 144 Å². The smallest absolute Gasteiger partial charge is 0.151 e. The first-order chi connectivity index (χ1) is 19.8. The highest BCUT2D eigenvalue weighted by Crippen LogP contribution is 2.22. The topological polar surface area (TPSA) is 74.2 Å². The molecule has 0 aliphatic rings. The maximum absolute atomic E-state index is 12.5. The van der Waals surface area contributed by atoms with E-state index in [-0.39, 0.29) is 33.0 Å². The van der Waals surface area contributed by atoms with Crippen molar-refractivity contribution in [1.29, 1.82) is 0 Å². The maximum atomic E-state index is 12.5. The molecule has 0 radical (unpaired) electrons. The van der Waals surface area contributed by atoms with Crippen LogP contribution in [0.3, 0.4) is 0 Å². The molecule has 0 fully saturated rings. The third kappa shape index (κ3) is 9.23. The summed E-state index contributed by atoms with van der Waals surface area (Å²) in [4.78, 5) is 12.5. The molecule has 0 unspecified atom stereocenters. The van der Waals surface area contributed by atoms with Gasteiger partial charge in [-0.3, -0.25) is 0 Å². The third-order valence-corrected chi connectivity index (χ3v) is 6.49. The highest BCUT2D eigenvalue weighted by atomic mass is 16.6. The van der Waals surface area contributed by atoms with Gasteiger partial charge in [-0.15, -0.1) is 0 Å². The van der Waals surface area contributed by atoms with Crippen LogP contribution in [-0.4, -0.2) is 42.4 Å².